The molecule has 0 amide bonds. The average Bonchev–Trinajstić information content (AvgIpc) is 2.51. The maximum atomic E-state index is 2.44. The number of hydrogen-bond acceptors (Lipinski definition) is 0. The lowest BCUT2D eigenvalue weighted by Gasteiger charge is -2.26. The molecule has 0 heteroatoms. The zero-order valence-corrected chi connectivity index (χ0v) is 15.8. The van der Waals surface area contributed by atoms with E-state index in [1.807, 2.05) is 27.7 Å². The number of unbranched alkanes of at least 4 members (excludes halogenated alkanes) is 1. The van der Waals surface area contributed by atoms with Gasteiger partial charge in [0.2, 0.25) is 0 Å². The van der Waals surface area contributed by atoms with Gasteiger partial charge in [0, 0.05) is 0 Å². The molecule has 20 heavy (non-hydrogen) atoms. The van der Waals surface area contributed by atoms with Gasteiger partial charge < -0.3 is 0 Å². The van der Waals surface area contributed by atoms with Crippen molar-refractivity contribution in [3.8, 4) is 0 Å². The normalized spacial score (nSPS) is 22.9. The van der Waals surface area contributed by atoms with E-state index >= 15 is 0 Å². The van der Waals surface area contributed by atoms with Gasteiger partial charge in [0.05, 0.1) is 0 Å². The van der Waals surface area contributed by atoms with Gasteiger partial charge in [-0.2, -0.15) is 0 Å². The van der Waals surface area contributed by atoms with Crippen molar-refractivity contribution in [1.82, 2.24) is 0 Å². The van der Waals surface area contributed by atoms with Crippen LogP contribution in [-0.4, -0.2) is 0 Å². The second kappa shape index (κ2) is 17.1. The van der Waals surface area contributed by atoms with Crippen LogP contribution in [0.4, 0.5) is 0 Å². The third-order valence-corrected chi connectivity index (χ3v) is 4.50. The molecule has 124 valence electrons. The molecule has 1 aliphatic carbocycles. The van der Waals surface area contributed by atoms with Crippen LogP contribution in [0.2, 0.25) is 0 Å². The molecule has 1 aliphatic rings. The molecule has 0 saturated heterocycles. The molecule has 0 N–H and O–H groups in total. The Kier molecular flexibility index (Phi) is 19.0. The van der Waals surface area contributed by atoms with Crippen LogP contribution in [0.25, 0.3) is 0 Å². The molecule has 1 atom stereocenters. The first kappa shape index (κ1) is 22.3. The van der Waals surface area contributed by atoms with Gasteiger partial charge in [0.25, 0.3) is 0 Å². The van der Waals surface area contributed by atoms with Crippen molar-refractivity contribution < 1.29 is 0 Å². The maximum absolute atomic E-state index is 2.44. The van der Waals surface area contributed by atoms with E-state index in [1.165, 1.54) is 64.2 Å². The van der Waals surface area contributed by atoms with Crippen LogP contribution in [0.15, 0.2) is 0 Å². The highest BCUT2D eigenvalue weighted by Gasteiger charge is 2.17. The average molecular weight is 285 g/mol. The molecule has 0 aliphatic heterocycles. The van der Waals surface area contributed by atoms with Crippen molar-refractivity contribution in [3.05, 3.63) is 0 Å². The van der Waals surface area contributed by atoms with E-state index in [1.54, 1.807) is 0 Å². The van der Waals surface area contributed by atoms with Crippen molar-refractivity contribution in [1.29, 1.82) is 0 Å². The maximum Gasteiger partial charge on any atom is -0.0414 e. The fraction of sp³-hybridized carbons (Fsp3) is 1.00. The SMILES string of the molecule is CC.CC.CCCCC(C)CCCC1CCC(C)CC1. The Hall–Kier alpha value is 0. The highest BCUT2D eigenvalue weighted by Crippen LogP contribution is 2.32. The molecular weight excluding hydrogens is 240 g/mol. The highest BCUT2D eigenvalue weighted by molar-refractivity contribution is 4.70. The molecule has 0 aromatic rings. The Labute approximate surface area is 131 Å². The van der Waals surface area contributed by atoms with E-state index < -0.39 is 0 Å². The summed E-state index contributed by atoms with van der Waals surface area (Å²) in [6.07, 6.45) is 14.8. The van der Waals surface area contributed by atoms with Crippen LogP contribution in [-0.2, 0) is 0 Å². The molecule has 1 fully saturated rings. The topological polar surface area (TPSA) is 0 Å². The van der Waals surface area contributed by atoms with Gasteiger partial charge in [-0.15, -0.1) is 0 Å². The monoisotopic (exact) mass is 284 g/mol. The minimum Gasteiger partial charge on any atom is -0.0683 e. The minimum absolute atomic E-state index is 0.975. The van der Waals surface area contributed by atoms with Crippen LogP contribution in [0.1, 0.15) is 113 Å². The summed E-state index contributed by atoms with van der Waals surface area (Å²) >= 11 is 0. The van der Waals surface area contributed by atoms with Gasteiger partial charge in [-0.25, -0.2) is 0 Å². The first-order valence-corrected chi connectivity index (χ1v) is 9.72. The molecule has 1 saturated carbocycles. The summed E-state index contributed by atoms with van der Waals surface area (Å²) < 4.78 is 0. The molecule has 0 radical (unpaired) electrons. The Morgan fingerprint density at radius 3 is 1.85 bits per heavy atom. The van der Waals surface area contributed by atoms with Crippen molar-refractivity contribution in [3.63, 3.8) is 0 Å². The molecule has 0 heterocycles. The lowest BCUT2D eigenvalue weighted by Crippen LogP contribution is -2.12. The fourth-order valence-electron chi connectivity index (χ4n) is 3.07. The predicted octanol–water partition coefficient (Wildman–Crippen LogP) is 7.86. The molecule has 0 spiro atoms. The zero-order valence-electron chi connectivity index (χ0n) is 15.8. The molecular formula is C20H44. The van der Waals surface area contributed by atoms with E-state index in [9.17, 15) is 0 Å². The summed E-state index contributed by atoms with van der Waals surface area (Å²) in [5.41, 5.74) is 0. The summed E-state index contributed by atoms with van der Waals surface area (Å²) in [5.74, 6) is 3.07. The summed E-state index contributed by atoms with van der Waals surface area (Å²) in [7, 11) is 0. The molecule has 0 bridgehead atoms. The van der Waals surface area contributed by atoms with Gasteiger partial charge in [0.1, 0.15) is 0 Å². The highest BCUT2D eigenvalue weighted by atomic mass is 14.2. The molecule has 1 unspecified atom stereocenters. The van der Waals surface area contributed by atoms with Crippen molar-refractivity contribution in [2.75, 3.05) is 0 Å². The fourth-order valence-corrected chi connectivity index (χ4v) is 3.07. The van der Waals surface area contributed by atoms with Gasteiger partial charge in [-0.1, -0.05) is 113 Å². The summed E-state index contributed by atoms with van der Waals surface area (Å²) in [5, 5.41) is 0. The standard InChI is InChI=1S/C16H32.2C2H6/c1-4-5-7-14(2)8-6-9-16-12-10-15(3)11-13-16;2*1-2/h14-16H,4-13H2,1-3H3;2*1-2H3. The van der Waals surface area contributed by atoms with Crippen molar-refractivity contribution in [2.24, 2.45) is 17.8 Å². The van der Waals surface area contributed by atoms with Crippen LogP contribution in [0.3, 0.4) is 0 Å². The van der Waals surface area contributed by atoms with E-state index in [0.29, 0.717) is 0 Å². The van der Waals surface area contributed by atoms with Crippen molar-refractivity contribution >= 4 is 0 Å². The second-order valence-corrected chi connectivity index (χ2v) is 6.30. The van der Waals surface area contributed by atoms with Crippen LogP contribution in [0, 0.1) is 17.8 Å². The van der Waals surface area contributed by atoms with Gasteiger partial charge in [-0.05, 0) is 17.8 Å². The Morgan fingerprint density at radius 2 is 1.35 bits per heavy atom. The first-order chi connectivity index (χ1) is 9.72. The van der Waals surface area contributed by atoms with Crippen LogP contribution >= 0.6 is 0 Å². The Balaban J connectivity index is 0. The van der Waals surface area contributed by atoms with Crippen LogP contribution in [0.5, 0.6) is 0 Å². The predicted molar refractivity (Wildman–Crippen MR) is 96.4 cm³/mol. The minimum atomic E-state index is 0.975. The van der Waals surface area contributed by atoms with E-state index in [2.05, 4.69) is 20.8 Å². The molecule has 0 aromatic carbocycles. The summed E-state index contributed by atoms with van der Waals surface area (Å²) in [6, 6.07) is 0. The lowest BCUT2D eigenvalue weighted by atomic mass is 9.80. The Bertz CT molecular complexity index is 153. The first-order valence-electron chi connectivity index (χ1n) is 9.72. The molecule has 0 aromatic heterocycles. The zero-order chi connectivity index (χ0) is 15.8. The third-order valence-electron chi connectivity index (χ3n) is 4.50. The van der Waals surface area contributed by atoms with Crippen molar-refractivity contribution in [2.45, 2.75) is 113 Å². The molecule has 1 rings (SSSR count). The lowest BCUT2D eigenvalue weighted by molar-refractivity contribution is 0.267. The largest absolute Gasteiger partial charge is 0.0683 e. The number of rotatable bonds is 7. The smallest absolute Gasteiger partial charge is 0.0414 e. The van der Waals surface area contributed by atoms with Crippen LogP contribution < -0.4 is 0 Å². The van der Waals surface area contributed by atoms with Gasteiger partial charge in [-0.3, -0.25) is 0 Å². The van der Waals surface area contributed by atoms with E-state index in [0.717, 1.165) is 17.8 Å². The number of hydrogen-bond donors (Lipinski definition) is 0. The van der Waals surface area contributed by atoms with E-state index in [-0.39, 0.29) is 0 Å². The third kappa shape index (κ3) is 13.0. The van der Waals surface area contributed by atoms with Gasteiger partial charge >= 0.3 is 0 Å². The quantitative estimate of drug-likeness (QED) is 0.446. The Morgan fingerprint density at radius 1 is 0.850 bits per heavy atom. The second-order valence-electron chi connectivity index (χ2n) is 6.30. The van der Waals surface area contributed by atoms with E-state index in [4.69, 9.17) is 0 Å². The molecule has 0 nitrogen and oxygen atoms in total. The summed E-state index contributed by atoms with van der Waals surface area (Å²) in [4.78, 5) is 0. The summed E-state index contributed by atoms with van der Waals surface area (Å²) in [6.45, 7) is 15.2. The van der Waals surface area contributed by atoms with Gasteiger partial charge in [0.15, 0.2) is 0 Å².